The Labute approximate surface area is 170 Å². The van der Waals surface area contributed by atoms with Crippen LogP contribution < -0.4 is 11.1 Å². The number of hydrogen-bond donors (Lipinski definition) is 4. The van der Waals surface area contributed by atoms with Crippen molar-refractivity contribution in [3.8, 4) is 0 Å². The van der Waals surface area contributed by atoms with Crippen molar-refractivity contribution >= 4 is 50.3 Å². The molecule has 1 saturated heterocycles. The summed E-state index contributed by atoms with van der Waals surface area (Å²) in [4.78, 5) is 45.0. The van der Waals surface area contributed by atoms with Gasteiger partial charge in [0.2, 0.25) is 5.60 Å². The molecule has 0 bridgehead atoms. The number of β-lactam (4-membered cyclic amide) rings is 1. The van der Waals surface area contributed by atoms with Gasteiger partial charge in [-0.25, -0.2) is 14.1 Å². The number of rotatable bonds is 7. The van der Waals surface area contributed by atoms with Crippen molar-refractivity contribution in [2.75, 3.05) is 5.73 Å². The maximum absolute atomic E-state index is 12.8. The van der Waals surface area contributed by atoms with Crippen LogP contribution in [-0.4, -0.2) is 68.5 Å². The molecule has 13 nitrogen and oxygen atoms in total. The lowest BCUT2D eigenvalue weighted by Crippen LogP contribution is -2.71. The standard InChI is InChI=1S/C13H17N5O8S2/c1-5-7(10(20)18(5)28(23,24)25)16-9(19)8(6-4-27-12(14)15-6)17-26-13(2,3)11(21)22/h4-5,7H,1-3H3,(H2,14,15)(H,16,19)(H,21,22)(H,23,24,25)/b17-8-/t5-,7-/m0/s1/i1D3,5D,7D. The van der Waals surface area contributed by atoms with E-state index in [1.165, 1.54) is 0 Å². The van der Waals surface area contributed by atoms with Crippen molar-refractivity contribution in [1.82, 2.24) is 14.6 Å². The van der Waals surface area contributed by atoms with Crippen molar-refractivity contribution in [1.29, 1.82) is 0 Å². The lowest BCUT2D eigenvalue weighted by Gasteiger charge is -2.42. The first-order chi connectivity index (χ1) is 14.7. The number of amides is 2. The molecule has 0 radical (unpaired) electrons. The second-order valence-corrected chi connectivity index (χ2v) is 7.79. The Balaban J connectivity index is 2.54. The highest BCUT2D eigenvalue weighted by atomic mass is 32.2. The van der Waals surface area contributed by atoms with E-state index in [0.717, 1.165) is 30.6 Å². The maximum Gasteiger partial charge on any atom is 0.362 e. The van der Waals surface area contributed by atoms with Gasteiger partial charge in [0.15, 0.2) is 10.8 Å². The van der Waals surface area contributed by atoms with E-state index in [2.05, 4.69) is 10.1 Å². The van der Waals surface area contributed by atoms with Crippen LogP contribution >= 0.6 is 11.3 Å². The molecular weight excluding hydrogens is 418 g/mol. The summed E-state index contributed by atoms with van der Waals surface area (Å²) in [6.45, 7) is -1.58. The van der Waals surface area contributed by atoms with Crippen molar-refractivity contribution in [2.45, 2.75) is 38.3 Å². The molecule has 2 atom stereocenters. The summed E-state index contributed by atoms with van der Waals surface area (Å²) >= 11 is 0.808. The largest absolute Gasteiger partial charge is 0.478 e. The van der Waals surface area contributed by atoms with Gasteiger partial charge in [-0.05, 0) is 20.7 Å². The molecule has 2 amide bonds. The quantitative estimate of drug-likeness (QED) is 0.173. The number of carboxylic acids is 1. The number of oxime groups is 1. The molecule has 0 spiro atoms. The molecule has 154 valence electrons. The smallest absolute Gasteiger partial charge is 0.362 e. The van der Waals surface area contributed by atoms with Gasteiger partial charge in [0.05, 0.1) is 8.76 Å². The maximum atomic E-state index is 12.8. The van der Waals surface area contributed by atoms with Gasteiger partial charge in [-0.2, -0.15) is 8.42 Å². The van der Waals surface area contributed by atoms with Gasteiger partial charge in [0, 0.05) is 9.49 Å². The average molecular weight is 440 g/mol. The van der Waals surface area contributed by atoms with Gasteiger partial charge < -0.3 is 21.0 Å². The summed E-state index contributed by atoms with van der Waals surface area (Å²) in [5, 5.41) is 15.2. The fraction of sp³-hybridized carbons (Fsp3) is 0.462. The van der Waals surface area contributed by atoms with E-state index in [9.17, 15) is 27.4 Å². The molecule has 2 heterocycles. The Morgan fingerprint density at radius 1 is 1.57 bits per heavy atom. The van der Waals surface area contributed by atoms with E-state index in [0.29, 0.717) is 0 Å². The van der Waals surface area contributed by atoms with Crippen LogP contribution in [0.15, 0.2) is 10.5 Å². The fourth-order valence-electron chi connectivity index (χ4n) is 1.66. The van der Waals surface area contributed by atoms with Crippen molar-refractivity contribution in [3.63, 3.8) is 0 Å². The first-order valence-corrected chi connectivity index (χ1v) is 9.33. The number of carboxylic acid groups (broad SMARTS) is 1. The van der Waals surface area contributed by atoms with Gasteiger partial charge in [-0.3, -0.25) is 14.1 Å². The minimum Gasteiger partial charge on any atom is -0.478 e. The number of nitrogens with one attached hydrogen (secondary N) is 1. The number of nitrogen functional groups attached to an aromatic ring is 1. The number of hydrogen-bond acceptors (Lipinski definition) is 10. The number of carbonyl (C=O) groups excluding carboxylic acids is 2. The SMILES string of the molecule is [2H]C([2H])([2H])[C@]1([2H])N(S(=O)(=O)O)C(=O)[C@@]1([2H])NC(=O)/C(=N\OC(C)(C)C(=O)O)c1csc(N)n1. The summed E-state index contributed by atoms with van der Waals surface area (Å²) in [6.07, 6.45) is 0. The third kappa shape index (κ3) is 4.20. The van der Waals surface area contributed by atoms with Crippen LogP contribution in [0, 0.1) is 0 Å². The van der Waals surface area contributed by atoms with Crippen LogP contribution in [0.5, 0.6) is 0 Å². The molecule has 1 aromatic heterocycles. The zero-order valence-electron chi connectivity index (χ0n) is 19.2. The highest BCUT2D eigenvalue weighted by Gasteiger charge is 2.51. The molecule has 5 N–H and O–H groups in total. The molecule has 0 aliphatic carbocycles. The average Bonchev–Trinajstić information content (AvgIpc) is 3.05. The Hall–Kier alpha value is -2.78. The Morgan fingerprint density at radius 2 is 2.21 bits per heavy atom. The lowest BCUT2D eigenvalue weighted by molar-refractivity contribution is -0.161. The molecule has 1 aromatic rings. The molecule has 28 heavy (non-hydrogen) atoms. The Kier molecular flexibility index (Phi) is 3.97. The van der Waals surface area contributed by atoms with Crippen LogP contribution in [0.2, 0.25) is 0 Å². The van der Waals surface area contributed by atoms with Gasteiger partial charge in [0.25, 0.3) is 11.8 Å². The molecule has 15 heteroatoms. The molecule has 1 aliphatic rings. The highest BCUT2D eigenvalue weighted by Crippen LogP contribution is 2.23. The highest BCUT2D eigenvalue weighted by molar-refractivity contribution is 7.84. The zero-order valence-corrected chi connectivity index (χ0v) is 15.8. The summed E-state index contributed by atoms with van der Waals surface area (Å²) in [7, 11) is -5.60. The van der Waals surface area contributed by atoms with E-state index < -0.39 is 62.6 Å². The van der Waals surface area contributed by atoms with Crippen molar-refractivity contribution < 1.29 is 44.2 Å². The third-order valence-corrected chi connectivity index (χ3v) is 4.65. The molecule has 0 aromatic carbocycles. The minimum absolute atomic E-state index is 0.0850. The number of nitrogens with zero attached hydrogens (tertiary/aromatic N) is 3. The van der Waals surface area contributed by atoms with Crippen LogP contribution in [0.3, 0.4) is 0 Å². The summed E-state index contributed by atoms with van der Waals surface area (Å²) in [5.74, 6) is -5.00. The molecule has 0 unspecified atom stereocenters. The Morgan fingerprint density at radius 3 is 2.68 bits per heavy atom. The third-order valence-electron chi connectivity index (χ3n) is 3.17. The van der Waals surface area contributed by atoms with Crippen LogP contribution in [0.25, 0.3) is 0 Å². The van der Waals surface area contributed by atoms with Crippen molar-refractivity contribution in [2.24, 2.45) is 5.16 Å². The molecule has 2 rings (SSSR count). The number of thiazole rings is 1. The number of aromatic nitrogens is 1. The predicted molar refractivity (Wildman–Crippen MR) is 95.7 cm³/mol. The first kappa shape index (κ1) is 15.2. The monoisotopic (exact) mass is 440 g/mol. The van der Waals surface area contributed by atoms with E-state index in [1.54, 1.807) is 5.32 Å². The van der Waals surface area contributed by atoms with E-state index in [4.69, 9.17) is 22.5 Å². The van der Waals surface area contributed by atoms with E-state index >= 15 is 0 Å². The Bertz CT molecular complexity index is 1150. The van der Waals surface area contributed by atoms with Crippen molar-refractivity contribution in [3.05, 3.63) is 11.1 Å². The summed E-state index contributed by atoms with van der Waals surface area (Å²) < 4.78 is 69.8. The summed E-state index contributed by atoms with van der Waals surface area (Å²) in [6, 6.07) is -7.12. The fourth-order valence-corrected chi connectivity index (χ4v) is 2.83. The van der Waals surface area contributed by atoms with Gasteiger partial charge in [0.1, 0.15) is 11.7 Å². The zero-order chi connectivity index (χ0) is 25.8. The van der Waals surface area contributed by atoms with E-state index in [1.807, 2.05) is 0 Å². The minimum atomic E-state index is -5.60. The topological polar surface area (TPSA) is 202 Å². The first-order valence-electron chi connectivity index (χ1n) is 9.56. The van der Waals surface area contributed by atoms with E-state index in [-0.39, 0.29) is 10.8 Å². The van der Waals surface area contributed by atoms with Crippen LogP contribution in [0.1, 0.15) is 33.2 Å². The van der Waals surface area contributed by atoms with Gasteiger partial charge in [-0.1, -0.05) is 5.16 Å². The van der Waals surface area contributed by atoms with Crippen LogP contribution in [0.4, 0.5) is 5.13 Å². The molecule has 0 saturated carbocycles. The summed E-state index contributed by atoms with van der Waals surface area (Å²) in [5.41, 5.74) is 2.32. The lowest BCUT2D eigenvalue weighted by atomic mass is 10.0. The van der Waals surface area contributed by atoms with Gasteiger partial charge >= 0.3 is 16.3 Å². The number of aliphatic carboxylic acids is 1. The number of anilines is 1. The van der Waals surface area contributed by atoms with Gasteiger partial charge in [-0.15, -0.1) is 11.3 Å². The second-order valence-electron chi connectivity index (χ2n) is 5.64. The second kappa shape index (κ2) is 7.33. The number of nitrogens with two attached hydrogens (primary N) is 1. The molecule has 1 fully saturated rings. The normalized spacial score (nSPS) is 28.8. The van der Waals surface area contributed by atoms with Crippen LogP contribution in [-0.2, 0) is 29.5 Å². The number of carbonyl (C=O) groups is 3. The predicted octanol–water partition coefficient (Wildman–Crippen LogP) is -1.17. The molecular formula is C13H17N5O8S2. The molecule has 1 aliphatic heterocycles.